The summed E-state index contributed by atoms with van der Waals surface area (Å²) in [6.07, 6.45) is -10.1. The van der Waals surface area contributed by atoms with Crippen molar-refractivity contribution in [3.63, 3.8) is 0 Å². The first-order valence-corrected chi connectivity index (χ1v) is 16.0. The van der Waals surface area contributed by atoms with Crippen LogP contribution in [0.2, 0.25) is 0 Å². The standard InChI is InChI=1S/C33H39F6N5O7/c1-31(2,3)50-29(47)43-15-20(34)11-23(43)28(46)49-17-44(30(48)51-32(4,5)6)16-21(35)12-24(44)27(45)41-13-18-9-22(42-26(36)10-18)19-7-8-25(40-14-19)33(37,38)39/h7-10,14,20-21,23-24H,11-13,15-17H2,1-6H3/p+1/t20-,21-,23+,24+,44?/m1/s1. The van der Waals surface area contributed by atoms with Crippen LogP contribution in [0, 0.1) is 5.95 Å². The molecule has 2 saturated heterocycles. The highest BCUT2D eigenvalue weighted by Gasteiger charge is 2.59. The van der Waals surface area contributed by atoms with Crippen LogP contribution in [0.1, 0.15) is 65.6 Å². The molecule has 0 radical (unpaired) electrons. The van der Waals surface area contributed by atoms with Gasteiger partial charge in [-0.2, -0.15) is 26.8 Å². The van der Waals surface area contributed by atoms with E-state index in [1.54, 1.807) is 20.8 Å². The first kappa shape index (κ1) is 39.3. The van der Waals surface area contributed by atoms with Gasteiger partial charge in [-0.25, -0.2) is 23.4 Å². The fourth-order valence-electron chi connectivity index (χ4n) is 5.71. The summed E-state index contributed by atoms with van der Waals surface area (Å²) in [6.45, 7) is 6.98. The summed E-state index contributed by atoms with van der Waals surface area (Å²) in [5.74, 6) is -3.02. The maximum atomic E-state index is 15.2. The third-order valence-corrected chi connectivity index (χ3v) is 7.92. The highest BCUT2D eigenvalue weighted by molar-refractivity contribution is 5.84. The van der Waals surface area contributed by atoms with Crippen LogP contribution in [0.5, 0.6) is 0 Å². The predicted molar refractivity (Wildman–Crippen MR) is 166 cm³/mol. The second kappa shape index (κ2) is 14.6. The second-order valence-electron chi connectivity index (χ2n) is 14.5. The van der Waals surface area contributed by atoms with E-state index in [-0.39, 0.29) is 23.4 Å². The molecule has 1 N–H and O–H groups in total. The Hall–Kier alpha value is -4.48. The minimum atomic E-state index is -4.69. The molecule has 51 heavy (non-hydrogen) atoms. The number of esters is 1. The van der Waals surface area contributed by atoms with Crippen molar-refractivity contribution < 1.29 is 64.2 Å². The van der Waals surface area contributed by atoms with Crippen LogP contribution < -0.4 is 5.32 Å². The summed E-state index contributed by atoms with van der Waals surface area (Å²) in [5, 5.41) is 2.51. The third-order valence-electron chi connectivity index (χ3n) is 7.92. The van der Waals surface area contributed by atoms with Gasteiger partial charge in [0.15, 0.2) is 12.2 Å². The van der Waals surface area contributed by atoms with Gasteiger partial charge in [0.2, 0.25) is 12.7 Å². The molecule has 4 rings (SSSR count). The predicted octanol–water partition coefficient (Wildman–Crippen LogP) is 5.63. The Morgan fingerprint density at radius 3 is 2.22 bits per heavy atom. The van der Waals surface area contributed by atoms with Crippen molar-refractivity contribution in [2.45, 2.75) is 103 Å². The molecule has 2 aromatic heterocycles. The number of alkyl halides is 5. The van der Waals surface area contributed by atoms with E-state index in [9.17, 15) is 41.1 Å². The third kappa shape index (κ3) is 9.86. The lowest BCUT2D eigenvalue weighted by Crippen LogP contribution is -2.63. The number of halogens is 6. The summed E-state index contributed by atoms with van der Waals surface area (Å²) in [6, 6.07) is 1.07. The molecule has 0 saturated carbocycles. The molecule has 0 aliphatic carbocycles. The first-order chi connectivity index (χ1) is 23.5. The summed E-state index contributed by atoms with van der Waals surface area (Å²) in [4.78, 5) is 61.3. The quantitative estimate of drug-likeness (QED) is 0.126. The van der Waals surface area contributed by atoms with Crippen LogP contribution in [-0.2, 0) is 36.5 Å². The van der Waals surface area contributed by atoms with Gasteiger partial charge in [-0.3, -0.25) is 14.7 Å². The average molecular weight is 733 g/mol. The van der Waals surface area contributed by atoms with Gasteiger partial charge in [0.25, 0.3) is 5.91 Å². The number of likely N-dealkylation sites (tertiary alicyclic amines) is 2. The molecular formula is C33H40F6N5O7+. The number of hydrogen-bond donors (Lipinski definition) is 1. The zero-order chi connectivity index (χ0) is 38.1. The van der Waals surface area contributed by atoms with E-state index in [1.807, 2.05) is 0 Å². The molecule has 5 atom stereocenters. The van der Waals surface area contributed by atoms with Crippen LogP contribution in [0.4, 0.5) is 35.9 Å². The Morgan fingerprint density at radius 2 is 1.63 bits per heavy atom. The Kier molecular flexibility index (Phi) is 11.3. The molecule has 0 spiro atoms. The van der Waals surface area contributed by atoms with E-state index in [1.165, 1.54) is 26.8 Å². The Balaban J connectivity index is 1.55. The number of quaternary nitrogens is 1. The molecule has 3 amide bonds. The van der Waals surface area contributed by atoms with E-state index < -0.39 is 115 Å². The Labute approximate surface area is 290 Å². The lowest BCUT2D eigenvalue weighted by molar-refractivity contribution is -0.879. The number of carbonyl (C=O) groups excluding carboxylic acids is 4. The molecule has 4 heterocycles. The Bertz CT molecular complexity index is 1630. The minimum Gasteiger partial charge on any atom is -0.444 e. The molecule has 0 aromatic carbocycles. The maximum Gasteiger partial charge on any atom is 0.520 e. The van der Waals surface area contributed by atoms with Gasteiger partial charge in [0, 0.05) is 31.1 Å². The molecule has 2 fully saturated rings. The average Bonchev–Trinajstić information content (AvgIpc) is 3.57. The number of carbonyl (C=O) groups is 4. The van der Waals surface area contributed by atoms with E-state index in [0.717, 1.165) is 23.2 Å². The van der Waals surface area contributed by atoms with Crippen molar-refractivity contribution in [2.24, 2.45) is 0 Å². The molecular weight excluding hydrogens is 692 g/mol. The normalized spacial score (nSPS) is 23.9. The highest BCUT2D eigenvalue weighted by atomic mass is 19.4. The second-order valence-corrected chi connectivity index (χ2v) is 14.5. The lowest BCUT2D eigenvalue weighted by atomic mass is 10.1. The highest BCUT2D eigenvalue weighted by Crippen LogP contribution is 2.34. The summed E-state index contributed by atoms with van der Waals surface area (Å²) in [5.41, 5.74) is -3.16. The zero-order valence-electron chi connectivity index (χ0n) is 28.9. The van der Waals surface area contributed by atoms with E-state index in [4.69, 9.17) is 14.2 Å². The summed E-state index contributed by atoms with van der Waals surface area (Å²) < 4.78 is 98.1. The van der Waals surface area contributed by atoms with E-state index in [0.29, 0.717) is 6.07 Å². The van der Waals surface area contributed by atoms with Crippen LogP contribution in [0.3, 0.4) is 0 Å². The maximum absolute atomic E-state index is 15.2. The van der Waals surface area contributed by atoms with Gasteiger partial charge in [-0.15, -0.1) is 0 Å². The van der Waals surface area contributed by atoms with E-state index >= 15 is 4.39 Å². The van der Waals surface area contributed by atoms with Gasteiger partial charge in [0.05, 0.1) is 12.2 Å². The SMILES string of the molecule is CC(C)(C)OC(=O)N1C[C@H](F)C[C@H]1C(=O)OC[N+]1(C(=O)OC(C)(C)C)C[C@H](F)C[C@H]1C(=O)NCc1cc(F)nc(-c2ccc(C(F)(F)F)nc2)c1. The Morgan fingerprint density at radius 1 is 0.961 bits per heavy atom. The van der Waals surface area contributed by atoms with Crippen molar-refractivity contribution in [3.05, 3.63) is 47.7 Å². The molecule has 12 nitrogen and oxygen atoms in total. The monoisotopic (exact) mass is 732 g/mol. The van der Waals surface area contributed by atoms with Crippen molar-refractivity contribution in [2.75, 3.05) is 19.8 Å². The number of rotatable bonds is 7. The largest absolute Gasteiger partial charge is 0.520 e. The van der Waals surface area contributed by atoms with Crippen molar-refractivity contribution in [3.8, 4) is 11.3 Å². The molecule has 2 aromatic rings. The van der Waals surface area contributed by atoms with Gasteiger partial charge < -0.3 is 19.5 Å². The zero-order valence-corrected chi connectivity index (χ0v) is 28.9. The van der Waals surface area contributed by atoms with Crippen molar-refractivity contribution in [1.82, 2.24) is 20.2 Å². The van der Waals surface area contributed by atoms with Crippen molar-refractivity contribution in [1.29, 1.82) is 0 Å². The topological polar surface area (TPSA) is 137 Å². The number of ether oxygens (including phenoxy) is 3. The number of nitrogens with one attached hydrogen (secondary N) is 1. The van der Waals surface area contributed by atoms with Gasteiger partial charge >= 0.3 is 24.3 Å². The lowest BCUT2D eigenvalue weighted by Gasteiger charge is -2.36. The van der Waals surface area contributed by atoms with Gasteiger partial charge in [-0.1, -0.05) is 0 Å². The molecule has 2 aliphatic heterocycles. The first-order valence-electron chi connectivity index (χ1n) is 16.0. The van der Waals surface area contributed by atoms with Gasteiger partial charge in [-0.05, 0) is 71.4 Å². The molecule has 280 valence electrons. The smallest absolute Gasteiger partial charge is 0.444 e. The number of nitrogens with zero attached hydrogens (tertiary/aromatic N) is 4. The van der Waals surface area contributed by atoms with Crippen LogP contribution in [0.15, 0.2) is 30.5 Å². The molecule has 1 unspecified atom stereocenters. The molecule has 0 bridgehead atoms. The fraction of sp³-hybridized carbons (Fsp3) is 0.576. The molecule has 2 aliphatic rings. The van der Waals surface area contributed by atoms with Crippen LogP contribution in [-0.4, -0.2) is 98.9 Å². The minimum absolute atomic E-state index is 0.0557. The summed E-state index contributed by atoms with van der Waals surface area (Å²) >= 11 is 0. The number of aromatic nitrogens is 2. The van der Waals surface area contributed by atoms with Crippen molar-refractivity contribution >= 4 is 24.1 Å². The number of pyridine rings is 2. The summed E-state index contributed by atoms with van der Waals surface area (Å²) in [7, 11) is 0. The molecule has 18 heteroatoms. The van der Waals surface area contributed by atoms with Crippen LogP contribution in [0.25, 0.3) is 11.3 Å². The van der Waals surface area contributed by atoms with E-state index in [2.05, 4.69) is 15.3 Å². The van der Waals surface area contributed by atoms with Gasteiger partial charge in [0.1, 0.15) is 35.7 Å². The fourth-order valence-corrected chi connectivity index (χ4v) is 5.71. The van der Waals surface area contributed by atoms with Crippen LogP contribution >= 0.6 is 0 Å². The number of hydrogen-bond acceptors (Lipinski definition) is 9. The number of amides is 3.